The van der Waals surface area contributed by atoms with Gasteiger partial charge >= 0.3 is 0 Å². The van der Waals surface area contributed by atoms with E-state index in [0.29, 0.717) is 5.57 Å². The zero-order valence-electron chi connectivity index (χ0n) is 18.0. The molecule has 2 aromatic heterocycles. The summed E-state index contributed by atoms with van der Waals surface area (Å²) < 4.78 is 31.1. The van der Waals surface area contributed by atoms with E-state index in [1.165, 1.54) is 41.6 Å². The Balaban J connectivity index is 1.63. The maximum atomic E-state index is 12.5. The van der Waals surface area contributed by atoms with Crippen LogP contribution in [0.25, 0.3) is 4.83 Å². The first-order valence-corrected chi connectivity index (χ1v) is 12.4. The Morgan fingerprint density at radius 3 is 2.75 bits per heavy atom. The molecule has 4 heterocycles. The van der Waals surface area contributed by atoms with Crippen molar-refractivity contribution >= 4 is 38.3 Å². The fourth-order valence-electron chi connectivity index (χ4n) is 4.64. The van der Waals surface area contributed by atoms with Crippen LogP contribution in [0.1, 0.15) is 19.5 Å². The van der Waals surface area contributed by atoms with Gasteiger partial charge in [0.15, 0.2) is 0 Å². The lowest BCUT2D eigenvalue weighted by Crippen LogP contribution is -2.64. The number of β-lactam (4-membered cyclic amide) rings is 1. The summed E-state index contributed by atoms with van der Waals surface area (Å²) in [6.07, 6.45) is 2.75. The molecule has 174 valence electrons. The van der Waals surface area contributed by atoms with E-state index in [-0.39, 0.29) is 24.7 Å². The molecule has 2 aliphatic rings. The maximum absolute atomic E-state index is 12.5. The average molecular weight is 484 g/mol. The predicted octanol–water partition coefficient (Wildman–Crippen LogP) is -1.95. The van der Waals surface area contributed by atoms with Crippen molar-refractivity contribution in [3.8, 4) is 0 Å². The molecule has 4 rings (SSSR count). The molecule has 2 N–H and O–H groups in total. The monoisotopic (exact) mass is 483 g/mol. The molecule has 13 heteroatoms. The molecule has 1 amide bonds. The van der Waals surface area contributed by atoms with Crippen molar-refractivity contribution in [2.75, 3.05) is 14.1 Å². The van der Waals surface area contributed by atoms with Crippen molar-refractivity contribution in [1.82, 2.24) is 18.3 Å². The number of carbonyl (C=O) groups excluding carboxylic acids is 2. The first-order valence-electron chi connectivity index (χ1n) is 10.1. The van der Waals surface area contributed by atoms with Gasteiger partial charge in [-0.25, -0.2) is 9.29 Å². The molecule has 2 aromatic rings. The van der Waals surface area contributed by atoms with Crippen LogP contribution in [0.15, 0.2) is 29.2 Å². The second-order valence-electron chi connectivity index (χ2n) is 8.23. The number of aliphatic hydroxyl groups excluding tert-OH is 1. The zero-order chi connectivity index (χ0) is 23.5. The van der Waals surface area contributed by atoms with Crippen molar-refractivity contribution in [1.29, 1.82) is 0 Å². The molecule has 11 nitrogen and oxygen atoms in total. The molecule has 0 bridgehead atoms. The highest BCUT2D eigenvalue weighted by atomic mass is 32.2. The van der Waals surface area contributed by atoms with Crippen molar-refractivity contribution in [3.63, 3.8) is 0 Å². The van der Waals surface area contributed by atoms with E-state index >= 15 is 0 Å². The number of carboxylic acid groups (broad SMARTS) is 1. The van der Waals surface area contributed by atoms with Gasteiger partial charge in [0, 0.05) is 31.0 Å². The third kappa shape index (κ3) is 3.44. The van der Waals surface area contributed by atoms with Gasteiger partial charge < -0.3 is 19.9 Å². The standard InChI is InChI=1S/C19H25N5O6S2/c1-10-13(17(19(27)28)24-16(10)15(11(2)25)18(24)26)6-22-7-14-23(9-22)12(8-31-14)5-21(4)32(29,30)20-3/h7-11,15-16,20,25H,5-6H2,1-4H3/t10-,11+,15+,16+/m0/s1. The van der Waals surface area contributed by atoms with E-state index in [1.807, 2.05) is 27.5 Å². The lowest BCUT2D eigenvalue weighted by atomic mass is 9.78. The Morgan fingerprint density at radius 1 is 1.47 bits per heavy atom. The van der Waals surface area contributed by atoms with Crippen molar-refractivity contribution < 1.29 is 32.8 Å². The van der Waals surface area contributed by atoms with Gasteiger partial charge in [0.05, 0.1) is 36.3 Å². The summed E-state index contributed by atoms with van der Waals surface area (Å²) >= 11 is 1.44. The first kappa shape index (κ1) is 22.9. The van der Waals surface area contributed by atoms with E-state index in [4.69, 9.17) is 0 Å². The summed E-state index contributed by atoms with van der Waals surface area (Å²) in [5, 5.41) is 23.7. The van der Waals surface area contributed by atoms with Crippen LogP contribution < -0.4 is 14.4 Å². The van der Waals surface area contributed by atoms with Gasteiger partial charge in [-0.2, -0.15) is 17.1 Å². The second-order valence-corrected chi connectivity index (χ2v) is 11.1. The minimum absolute atomic E-state index is 0.119. The number of carbonyl (C=O) groups is 2. The number of fused-ring (bicyclic) bond motifs is 2. The lowest BCUT2D eigenvalue weighted by molar-refractivity contribution is -0.688. The molecule has 0 unspecified atom stereocenters. The Kier molecular flexibility index (Phi) is 5.66. The number of hydrogen-bond donors (Lipinski definition) is 2. The molecule has 2 aliphatic heterocycles. The molecule has 1 saturated heterocycles. The van der Waals surface area contributed by atoms with E-state index in [2.05, 4.69) is 4.72 Å². The Morgan fingerprint density at radius 2 is 2.16 bits per heavy atom. The van der Waals surface area contributed by atoms with Gasteiger partial charge in [-0.15, -0.1) is 0 Å². The number of aliphatic hydroxyl groups is 1. The van der Waals surface area contributed by atoms with Crippen LogP contribution in [0.4, 0.5) is 0 Å². The molecule has 0 saturated carbocycles. The first-order chi connectivity index (χ1) is 15.0. The summed E-state index contributed by atoms with van der Waals surface area (Å²) in [6.45, 7) is 3.77. The fraction of sp³-hybridized carbons (Fsp3) is 0.526. The average Bonchev–Trinajstić information content (AvgIpc) is 3.34. The number of carboxylic acids is 1. The minimum atomic E-state index is -3.57. The van der Waals surface area contributed by atoms with Crippen molar-refractivity contribution in [2.24, 2.45) is 11.8 Å². The van der Waals surface area contributed by atoms with Crippen LogP contribution in [0.5, 0.6) is 0 Å². The number of nitrogens with zero attached hydrogens (tertiary/aromatic N) is 4. The Bertz CT molecular complexity index is 1230. The number of hydrogen-bond acceptors (Lipinski definition) is 7. The SMILES string of the molecule is CNS(=O)(=O)N(C)Cc1csc2c[n+](CC3=C(C(=O)[O-])N4C(=O)[C@H]([C@@H](C)O)[C@H]4[C@H]3C)cn12. The quantitative estimate of drug-likeness (QED) is 0.331. The van der Waals surface area contributed by atoms with E-state index in [9.17, 15) is 28.2 Å². The fourth-order valence-corrected chi connectivity index (χ4v) is 6.17. The summed E-state index contributed by atoms with van der Waals surface area (Å²) in [5.41, 5.74) is 1.20. The number of rotatable bonds is 8. The van der Waals surface area contributed by atoms with Crippen LogP contribution in [0, 0.1) is 11.8 Å². The molecule has 1 fully saturated rings. The largest absolute Gasteiger partial charge is 0.543 e. The number of imidazole rings is 1. The van der Waals surface area contributed by atoms with Crippen LogP contribution in [0.3, 0.4) is 0 Å². The summed E-state index contributed by atoms with van der Waals surface area (Å²) in [5.74, 6) is -2.69. The van der Waals surface area contributed by atoms with E-state index < -0.39 is 40.1 Å². The summed E-state index contributed by atoms with van der Waals surface area (Å²) in [6, 6.07) is -0.398. The van der Waals surface area contributed by atoms with Gasteiger partial charge in [0.25, 0.3) is 10.2 Å². The van der Waals surface area contributed by atoms with Gasteiger partial charge in [0.2, 0.25) is 17.1 Å². The van der Waals surface area contributed by atoms with Gasteiger partial charge in [-0.1, -0.05) is 18.3 Å². The highest BCUT2D eigenvalue weighted by Gasteiger charge is 2.58. The minimum Gasteiger partial charge on any atom is -0.543 e. The zero-order valence-corrected chi connectivity index (χ0v) is 19.7. The van der Waals surface area contributed by atoms with E-state index in [1.54, 1.807) is 6.33 Å². The number of thiazole rings is 1. The van der Waals surface area contributed by atoms with Crippen LogP contribution in [-0.2, 0) is 32.9 Å². The molecular weight excluding hydrogens is 458 g/mol. The highest BCUT2D eigenvalue weighted by molar-refractivity contribution is 7.87. The molecule has 0 spiro atoms. The molecule has 0 radical (unpaired) electrons. The van der Waals surface area contributed by atoms with Crippen LogP contribution in [0.2, 0.25) is 0 Å². The maximum Gasteiger partial charge on any atom is 0.279 e. The highest BCUT2D eigenvalue weighted by Crippen LogP contribution is 2.46. The number of amides is 1. The third-order valence-electron chi connectivity index (χ3n) is 6.32. The Labute approximate surface area is 189 Å². The van der Waals surface area contributed by atoms with Crippen molar-refractivity contribution in [3.05, 3.63) is 34.9 Å². The summed E-state index contributed by atoms with van der Waals surface area (Å²) in [7, 11) is -0.748. The van der Waals surface area contributed by atoms with Crippen LogP contribution in [-0.4, -0.2) is 65.2 Å². The van der Waals surface area contributed by atoms with Gasteiger partial charge in [-0.3, -0.25) is 4.79 Å². The number of aromatic nitrogens is 2. The Hall–Kier alpha value is -2.32. The topological polar surface area (TPSA) is 138 Å². The number of aliphatic carboxylic acids is 1. The normalized spacial score (nSPS) is 24.4. The van der Waals surface area contributed by atoms with Gasteiger partial charge in [0.1, 0.15) is 18.4 Å². The molecule has 4 atom stereocenters. The van der Waals surface area contributed by atoms with Gasteiger partial charge in [-0.05, 0) is 6.92 Å². The number of nitrogens with one attached hydrogen (secondary N) is 1. The third-order valence-corrected chi connectivity index (χ3v) is 8.72. The lowest BCUT2D eigenvalue weighted by Gasteiger charge is -2.47. The smallest absolute Gasteiger partial charge is 0.279 e. The second kappa shape index (κ2) is 7.92. The summed E-state index contributed by atoms with van der Waals surface area (Å²) in [4.78, 5) is 26.4. The molecular formula is C19H25N5O6S2. The molecule has 32 heavy (non-hydrogen) atoms. The van der Waals surface area contributed by atoms with Crippen molar-refractivity contribution in [2.45, 2.75) is 39.1 Å². The predicted molar refractivity (Wildman–Crippen MR) is 112 cm³/mol. The van der Waals surface area contributed by atoms with E-state index in [0.717, 1.165) is 10.5 Å². The molecule has 0 aliphatic carbocycles. The van der Waals surface area contributed by atoms with Crippen LogP contribution >= 0.6 is 11.3 Å². The molecule has 0 aromatic carbocycles.